The number of benzene rings is 1. The molecule has 0 N–H and O–H groups in total. The molecule has 0 heterocycles. The van der Waals surface area contributed by atoms with Crippen molar-refractivity contribution < 1.29 is 4.74 Å². The molecule has 0 atom stereocenters. The molecule has 1 nitrogen and oxygen atoms in total. The lowest BCUT2D eigenvalue weighted by Gasteiger charge is -2.01. The molecule has 1 aliphatic carbocycles. The van der Waals surface area contributed by atoms with Gasteiger partial charge in [0.1, 0.15) is 5.75 Å². The zero-order valence-corrected chi connectivity index (χ0v) is 9.28. The van der Waals surface area contributed by atoms with Crippen molar-refractivity contribution in [2.45, 2.75) is 25.7 Å². The highest BCUT2D eigenvalue weighted by Gasteiger charge is 2.10. The fraction of sp³-hybridized carbons (Fsp3) is 0.429. The molecular weight excluding hydrogens is 184 g/mol. The summed E-state index contributed by atoms with van der Waals surface area (Å²) in [6.45, 7) is 0. The number of rotatable bonds is 3. The highest BCUT2D eigenvalue weighted by molar-refractivity contribution is 5.50. The SMILES string of the molecule is COc1ccc(/C=C/C2CCCC2)cc1. The molecule has 1 heteroatoms. The summed E-state index contributed by atoms with van der Waals surface area (Å²) >= 11 is 0. The van der Waals surface area contributed by atoms with Gasteiger partial charge in [-0.3, -0.25) is 0 Å². The Morgan fingerprint density at radius 1 is 1.13 bits per heavy atom. The van der Waals surface area contributed by atoms with Crippen molar-refractivity contribution in [3.05, 3.63) is 35.9 Å². The van der Waals surface area contributed by atoms with E-state index in [-0.39, 0.29) is 0 Å². The lowest BCUT2D eigenvalue weighted by atomic mass is 10.1. The van der Waals surface area contributed by atoms with Crippen LogP contribution in [-0.2, 0) is 0 Å². The number of allylic oxidation sites excluding steroid dienone is 1. The van der Waals surface area contributed by atoms with Gasteiger partial charge < -0.3 is 4.74 Å². The van der Waals surface area contributed by atoms with Crippen molar-refractivity contribution in [2.75, 3.05) is 7.11 Å². The predicted molar refractivity (Wildman–Crippen MR) is 64.0 cm³/mol. The third-order valence-electron chi connectivity index (χ3n) is 3.08. The number of hydrogen-bond acceptors (Lipinski definition) is 1. The Labute approximate surface area is 91.8 Å². The quantitative estimate of drug-likeness (QED) is 0.722. The van der Waals surface area contributed by atoms with E-state index in [4.69, 9.17) is 4.74 Å². The van der Waals surface area contributed by atoms with E-state index < -0.39 is 0 Å². The van der Waals surface area contributed by atoms with Gasteiger partial charge in [-0.2, -0.15) is 0 Å². The molecule has 1 fully saturated rings. The second kappa shape index (κ2) is 5.01. The summed E-state index contributed by atoms with van der Waals surface area (Å²) in [5.41, 5.74) is 1.27. The summed E-state index contributed by atoms with van der Waals surface area (Å²) in [6, 6.07) is 8.22. The van der Waals surface area contributed by atoms with Crippen molar-refractivity contribution in [3.8, 4) is 5.75 Å². The van der Waals surface area contributed by atoms with E-state index in [1.165, 1.54) is 31.2 Å². The maximum absolute atomic E-state index is 5.12. The first-order valence-corrected chi connectivity index (χ1v) is 5.71. The van der Waals surface area contributed by atoms with Gasteiger partial charge in [0.25, 0.3) is 0 Å². The van der Waals surface area contributed by atoms with Crippen molar-refractivity contribution in [1.82, 2.24) is 0 Å². The first kappa shape index (κ1) is 10.3. The molecule has 0 spiro atoms. The van der Waals surface area contributed by atoms with Gasteiger partial charge in [0.05, 0.1) is 7.11 Å². The fourth-order valence-electron chi connectivity index (χ4n) is 2.11. The molecule has 0 radical (unpaired) electrons. The van der Waals surface area contributed by atoms with E-state index in [9.17, 15) is 0 Å². The van der Waals surface area contributed by atoms with Crippen LogP contribution in [0.1, 0.15) is 31.2 Å². The van der Waals surface area contributed by atoms with Crippen LogP contribution in [0.3, 0.4) is 0 Å². The van der Waals surface area contributed by atoms with Crippen LogP contribution in [-0.4, -0.2) is 7.11 Å². The van der Waals surface area contributed by atoms with Crippen molar-refractivity contribution in [1.29, 1.82) is 0 Å². The van der Waals surface area contributed by atoms with E-state index in [0.717, 1.165) is 11.7 Å². The second-order valence-electron chi connectivity index (χ2n) is 4.18. The van der Waals surface area contributed by atoms with Gasteiger partial charge in [-0.15, -0.1) is 0 Å². The predicted octanol–water partition coefficient (Wildman–Crippen LogP) is 3.90. The highest BCUT2D eigenvalue weighted by Crippen LogP contribution is 2.26. The molecule has 15 heavy (non-hydrogen) atoms. The molecule has 1 aromatic rings. The third kappa shape index (κ3) is 2.85. The highest BCUT2D eigenvalue weighted by atomic mass is 16.5. The average molecular weight is 202 g/mol. The van der Waals surface area contributed by atoms with Crippen molar-refractivity contribution in [3.63, 3.8) is 0 Å². The normalized spacial score (nSPS) is 17.4. The Hall–Kier alpha value is -1.24. The summed E-state index contributed by atoms with van der Waals surface area (Å²) in [4.78, 5) is 0. The van der Waals surface area contributed by atoms with Crippen LogP contribution >= 0.6 is 0 Å². The number of hydrogen-bond donors (Lipinski definition) is 0. The lowest BCUT2D eigenvalue weighted by Crippen LogP contribution is -1.85. The Bertz CT molecular complexity index is 318. The van der Waals surface area contributed by atoms with Gasteiger partial charge in [-0.25, -0.2) is 0 Å². The standard InChI is InChI=1S/C14H18O/c1-15-14-10-8-13(9-11-14)7-6-12-4-2-3-5-12/h6-12H,2-5H2,1H3/b7-6+. The summed E-state index contributed by atoms with van der Waals surface area (Å²) < 4.78 is 5.12. The molecular formula is C14H18O. The largest absolute Gasteiger partial charge is 0.497 e. The molecule has 1 aromatic carbocycles. The topological polar surface area (TPSA) is 9.23 Å². The van der Waals surface area contributed by atoms with Gasteiger partial charge in [0.15, 0.2) is 0 Å². The van der Waals surface area contributed by atoms with Crippen LogP contribution in [0.5, 0.6) is 5.75 Å². The van der Waals surface area contributed by atoms with Gasteiger partial charge in [-0.1, -0.05) is 37.1 Å². The average Bonchev–Trinajstić information content (AvgIpc) is 2.80. The first-order chi connectivity index (χ1) is 7.38. The van der Waals surface area contributed by atoms with Crippen LogP contribution in [0.25, 0.3) is 6.08 Å². The summed E-state index contributed by atoms with van der Waals surface area (Å²) in [6.07, 6.45) is 10.1. The van der Waals surface area contributed by atoms with Crippen molar-refractivity contribution in [2.24, 2.45) is 5.92 Å². The lowest BCUT2D eigenvalue weighted by molar-refractivity contribution is 0.415. The van der Waals surface area contributed by atoms with Crippen LogP contribution < -0.4 is 4.74 Å². The summed E-state index contributed by atoms with van der Waals surface area (Å²) in [7, 11) is 1.70. The molecule has 0 aromatic heterocycles. The number of ether oxygens (including phenoxy) is 1. The molecule has 80 valence electrons. The maximum Gasteiger partial charge on any atom is 0.118 e. The van der Waals surface area contributed by atoms with E-state index in [0.29, 0.717) is 0 Å². The van der Waals surface area contributed by atoms with E-state index in [1.807, 2.05) is 12.1 Å². The second-order valence-corrected chi connectivity index (χ2v) is 4.18. The van der Waals surface area contributed by atoms with Crippen LogP contribution in [0, 0.1) is 5.92 Å². The molecule has 0 unspecified atom stereocenters. The van der Waals surface area contributed by atoms with E-state index in [1.54, 1.807) is 7.11 Å². The van der Waals surface area contributed by atoms with Crippen LogP contribution in [0.2, 0.25) is 0 Å². The zero-order chi connectivity index (χ0) is 10.5. The molecule has 0 saturated heterocycles. The number of methoxy groups -OCH3 is 1. The Balaban J connectivity index is 1.97. The Morgan fingerprint density at radius 2 is 1.80 bits per heavy atom. The molecule has 0 aliphatic heterocycles. The minimum atomic E-state index is 0.812. The Kier molecular flexibility index (Phi) is 3.44. The summed E-state index contributed by atoms with van der Waals surface area (Å²) in [5, 5.41) is 0. The molecule has 1 aliphatic rings. The monoisotopic (exact) mass is 202 g/mol. The Morgan fingerprint density at radius 3 is 2.40 bits per heavy atom. The molecule has 0 amide bonds. The summed E-state index contributed by atoms with van der Waals surface area (Å²) in [5.74, 6) is 1.74. The smallest absolute Gasteiger partial charge is 0.118 e. The molecule has 0 bridgehead atoms. The van der Waals surface area contributed by atoms with Crippen molar-refractivity contribution >= 4 is 6.08 Å². The minimum Gasteiger partial charge on any atom is -0.497 e. The molecule has 1 saturated carbocycles. The fourth-order valence-corrected chi connectivity index (χ4v) is 2.11. The molecule has 2 rings (SSSR count). The maximum atomic E-state index is 5.12. The van der Waals surface area contributed by atoms with Gasteiger partial charge >= 0.3 is 0 Å². The minimum absolute atomic E-state index is 0.812. The van der Waals surface area contributed by atoms with Crippen LogP contribution in [0.15, 0.2) is 30.3 Å². The van der Waals surface area contributed by atoms with E-state index >= 15 is 0 Å². The first-order valence-electron chi connectivity index (χ1n) is 5.71. The van der Waals surface area contributed by atoms with Gasteiger partial charge in [0.2, 0.25) is 0 Å². The van der Waals surface area contributed by atoms with Gasteiger partial charge in [-0.05, 0) is 36.5 Å². The third-order valence-corrected chi connectivity index (χ3v) is 3.08. The van der Waals surface area contributed by atoms with Gasteiger partial charge in [0, 0.05) is 0 Å². The zero-order valence-electron chi connectivity index (χ0n) is 9.28. The van der Waals surface area contributed by atoms with E-state index in [2.05, 4.69) is 24.3 Å². The van der Waals surface area contributed by atoms with Crippen LogP contribution in [0.4, 0.5) is 0 Å².